The first-order valence-electron chi connectivity index (χ1n) is 6.79. The molecule has 108 valence electrons. The zero-order valence-electron chi connectivity index (χ0n) is 11.6. The lowest BCUT2D eigenvalue weighted by Gasteiger charge is -2.44. The highest BCUT2D eigenvalue weighted by atomic mass is 16.4. The fraction of sp³-hybridized carbons (Fsp3) is 0.714. The lowest BCUT2D eigenvalue weighted by atomic mass is 9.77. The van der Waals surface area contributed by atoms with E-state index >= 15 is 0 Å². The predicted molar refractivity (Wildman–Crippen MR) is 73.6 cm³/mol. The second-order valence-electron chi connectivity index (χ2n) is 5.38. The second kappa shape index (κ2) is 6.70. The average molecular weight is 268 g/mol. The maximum absolute atomic E-state index is 12.3. The summed E-state index contributed by atoms with van der Waals surface area (Å²) < 4.78 is 0. The topological polar surface area (TPSA) is 83.6 Å². The number of hydrogen-bond donors (Lipinski definition) is 2. The molecule has 5 nitrogen and oxygen atoms in total. The highest BCUT2D eigenvalue weighted by Crippen LogP contribution is 2.36. The van der Waals surface area contributed by atoms with Crippen LogP contribution in [0.1, 0.15) is 44.9 Å². The first kappa shape index (κ1) is 15.7. The molecular formula is C14H24N2O3. The summed E-state index contributed by atoms with van der Waals surface area (Å²) >= 11 is 0. The zero-order chi connectivity index (χ0) is 14.5. The maximum Gasteiger partial charge on any atom is 0.305 e. The molecule has 0 bridgehead atoms. The summed E-state index contributed by atoms with van der Waals surface area (Å²) in [4.78, 5) is 25.0. The van der Waals surface area contributed by atoms with Gasteiger partial charge in [0.25, 0.3) is 0 Å². The number of likely N-dealkylation sites (N-methyl/N-ethyl adjacent to an activating group) is 1. The number of hydrogen-bond acceptors (Lipinski definition) is 3. The van der Waals surface area contributed by atoms with Gasteiger partial charge in [0.15, 0.2) is 0 Å². The van der Waals surface area contributed by atoms with Crippen LogP contribution in [-0.4, -0.2) is 40.5 Å². The Balaban J connectivity index is 2.87. The van der Waals surface area contributed by atoms with Gasteiger partial charge in [-0.15, -0.1) is 6.58 Å². The van der Waals surface area contributed by atoms with Crippen molar-refractivity contribution in [2.24, 2.45) is 5.73 Å². The van der Waals surface area contributed by atoms with Crippen molar-refractivity contribution < 1.29 is 14.7 Å². The SMILES string of the molecule is C=CCC(N)C(=O)N(C)C1(CC(=O)O)CCCCC1. The largest absolute Gasteiger partial charge is 0.481 e. The Morgan fingerprint density at radius 3 is 2.47 bits per heavy atom. The molecule has 1 aliphatic rings. The standard InChI is InChI=1S/C14H24N2O3/c1-3-7-11(15)13(19)16(2)14(10-12(17)18)8-5-4-6-9-14/h3,11H,1,4-10,15H2,2H3,(H,17,18). The summed E-state index contributed by atoms with van der Waals surface area (Å²) in [5.41, 5.74) is 5.25. The minimum Gasteiger partial charge on any atom is -0.481 e. The van der Waals surface area contributed by atoms with Gasteiger partial charge in [0.05, 0.1) is 18.0 Å². The van der Waals surface area contributed by atoms with Crippen molar-refractivity contribution in [2.75, 3.05) is 7.05 Å². The Hall–Kier alpha value is -1.36. The van der Waals surface area contributed by atoms with Crippen molar-refractivity contribution >= 4 is 11.9 Å². The highest BCUT2D eigenvalue weighted by Gasteiger charge is 2.41. The van der Waals surface area contributed by atoms with E-state index in [9.17, 15) is 9.59 Å². The monoisotopic (exact) mass is 268 g/mol. The van der Waals surface area contributed by atoms with Crippen molar-refractivity contribution in [1.29, 1.82) is 0 Å². The fourth-order valence-electron chi connectivity index (χ4n) is 2.89. The highest BCUT2D eigenvalue weighted by molar-refractivity contribution is 5.83. The molecular weight excluding hydrogens is 244 g/mol. The molecule has 0 radical (unpaired) electrons. The summed E-state index contributed by atoms with van der Waals surface area (Å²) in [6.45, 7) is 3.58. The number of carboxylic acid groups (broad SMARTS) is 1. The minimum atomic E-state index is -0.862. The van der Waals surface area contributed by atoms with Crippen LogP contribution in [0.5, 0.6) is 0 Å². The summed E-state index contributed by atoms with van der Waals surface area (Å²) in [5.74, 6) is -1.05. The van der Waals surface area contributed by atoms with Gasteiger partial charge in [-0.3, -0.25) is 9.59 Å². The molecule has 1 saturated carbocycles. The summed E-state index contributed by atoms with van der Waals surface area (Å²) in [6, 6.07) is -0.630. The smallest absolute Gasteiger partial charge is 0.305 e. The van der Waals surface area contributed by atoms with E-state index in [-0.39, 0.29) is 12.3 Å². The summed E-state index contributed by atoms with van der Waals surface area (Å²) in [5, 5.41) is 9.12. The molecule has 5 heteroatoms. The van der Waals surface area contributed by atoms with Crippen molar-refractivity contribution in [3.05, 3.63) is 12.7 Å². The van der Waals surface area contributed by atoms with Gasteiger partial charge in [0, 0.05) is 7.05 Å². The number of carbonyl (C=O) groups excluding carboxylic acids is 1. The van der Waals surface area contributed by atoms with Gasteiger partial charge in [0.1, 0.15) is 0 Å². The quantitative estimate of drug-likeness (QED) is 0.715. The van der Waals surface area contributed by atoms with Gasteiger partial charge in [-0.2, -0.15) is 0 Å². The van der Waals surface area contributed by atoms with E-state index < -0.39 is 17.6 Å². The van der Waals surface area contributed by atoms with Crippen molar-refractivity contribution in [3.63, 3.8) is 0 Å². The van der Waals surface area contributed by atoms with E-state index in [0.29, 0.717) is 6.42 Å². The van der Waals surface area contributed by atoms with Crippen LogP contribution in [0.4, 0.5) is 0 Å². The van der Waals surface area contributed by atoms with E-state index in [0.717, 1.165) is 32.1 Å². The van der Waals surface area contributed by atoms with Crippen LogP contribution in [-0.2, 0) is 9.59 Å². The Bertz CT molecular complexity index is 349. The predicted octanol–water partition coefficient (Wildman–Crippen LogP) is 1.53. The van der Waals surface area contributed by atoms with E-state index in [2.05, 4.69) is 6.58 Å². The number of nitrogens with two attached hydrogens (primary N) is 1. The maximum atomic E-state index is 12.3. The van der Waals surface area contributed by atoms with Gasteiger partial charge < -0.3 is 15.7 Å². The molecule has 0 spiro atoms. The number of amides is 1. The molecule has 19 heavy (non-hydrogen) atoms. The first-order valence-corrected chi connectivity index (χ1v) is 6.79. The fourth-order valence-corrected chi connectivity index (χ4v) is 2.89. The molecule has 1 amide bonds. The van der Waals surface area contributed by atoms with Crippen molar-refractivity contribution in [1.82, 2.24) is 4.90 Å². The average Bonchev–Trinajstić information content (AvgIpc) is 2.37. The third-order valence-corrected chi connectivity index (χ3v) is 4.04. The summed E-state index contributed by atoms with van der Waals surface area (Å²) in [6.07, 6.45) is 6.51. The van der Waals surface area contributed by atoms with Crippen LogP contribution in [0, 0.1) is 0 Å². The third kappa shape index (κ3) is 3.80. The lowest BCUT2D eigenvalue weighted by Crippen LogP contribution is -2.56. The molecule has 1 atom stereocenters. The normalized spacial score (nSPS) is 19.5. The van der Waals surface area contributed by atoms with E-state index in [1.807, 2.05) is 0 Å². The molecule has 1 aliphatic carbocycles. The Morgan fingerprint density at radius 2 is 2.00 bits per heavy atom. The number of carboxylic acids is 1. The molecule has 1 unspecified atom stereocenters. The van der Waals surface area contributed by atoms with Gasteiger partial charge in [-0.25, -0.2) is 0 Å². The molecule has 0 aromatic carbocycles. The number of rotatable bonds is 6. The van der Waals surface area contributed by atoms with Crippen molar-refractivity contribution in [2.45, 2.75) is 56.5 Å². The lowest BCUT2D eigenvalue weighted by molar-refractivity contribution is -0.146. The van der Waals surface area contributed by atoms with Crippen molar-refractivity contribution in [3.8, 4) is 0 Å². The van der Waals surface area contributed by atoms with Gasteiger partial charge in [0.2, 0.25) is 5.91 Å². The van der Waals surface area contributed by atoms with Crippen LogP contribution in [0.25, 0.3) is 0 Å². The molecule has 0 aromatic heterocycles. The first-order chi connectivity index (χ1) is 8.93. The van der Waals surface area contributed by atoms with Crippen LogP contribution < -0.4 is 5.73 Å². The molecule has 1 fully saturated rings. The van der Waals surface area contributed by atoms with E-state index in [1.165, 1.54) is 0 Å². The minimum absolute atomic E-state index is 0.00392. The molecule has 0 aliphatic heterocycles. The molecule has 0 saturated heterocycles. The Kier molecular flexibility index (Phi) is 5.54. The zero-order valence-corrected chi connectivity index (χ0v) is 11.6. The summed E-state index contributed by atoms with van der Waals surface area (Å²) in [7, 11) is 1.68. The Morgan fingerprint density at radius 1 is 1.42 bits per heavy atom. The molecule has 0 aromatic rings. The van der Waals surface area contributed by atoms with Gasteiger partial charge in [-0.05, 0) is 19.3 Å². The van der Waals surface area contributed by atoms with E-state index in [1.54, 1.807) is 18.0 Å². The second-order valence-corrected chi connectivity index (χ2v) is 5.38. The number of nitrogens with zero attached hydrogens (tertiary/aromatic N) is 1. The van der Waals surface area contributed by atoms with E-state index in [4.69, 9.17) is 10.8 Å². The van der Waals surface area contributed by atoms with Gasteiger partial charge in [-0.1, -0.05) is 25.3 Å². The molecule has 3 N–H and O–H groups in total. The molecule has 0 heterocycles. The molecule has 1 rings (SSSR count). The van der Waals surface area contributed by atoms with Gasteiger partial charge >= 0.3 is 5.97 Å². The Labute approximate surface area is 114 Å². The van der Waals surface area contributed by atoms with Crippen LogP contribution in [0.2, 0.25) is 0 Å². The van der Waals surface area contributed by atoms with Crippen LogP contribution in [0.3, 0.4) is 0 Å². The number of aliphatic carboxylic acids is 1. The third-order valence-electron chi connectivity index (χ3n) is 4.04. The van der Waals surface area contributed by atoms with Crippen LogP contribution >= 0.6 is 0 Å². The number of carbonyl (C=O) groups is 2. The van der Waals surface area contributed by atoms with Crippen LogP contribution in [0.15, 0.2) is 12.7 Å².